The van der Waals surface area contributed by atoms with Crippen LogP contribution in [0.3, 0.4) is 0 Å². The first kappa shape index (κ1) is 29.5. The molecule has 4 rings (SSSR count). The Hall–Kier alpha value is -3.47. The summed E-state index contributed by atoms with van der Waals surface area (Å²) in [5.74, 6) is -0.637. The summed E-state index contributed by atoms with van der Waals surface area (Å²) in [5, 5.41) is 4.45. The molecular weight excluding hydrogens is 577 g/mol. The Morgan fingerprint density at radius 2 is 1.75 bits per heavy atom. The van der Waals surface area contributed by atoms with Gasteiger partial charge in [0.2, 0.25) is 10.0 Å². The number of fused-ring (bicyclic) bond motifs is 1. The normalized spacial score (nSPS) is 11.5. The number of sulfonamides is 1. The van der Waals surface area contributed by atoms with Crippen molar-refractivity contribution < 1.29 is 27.2 Å². The summed E-state index contributed by atoms with van der Waals surface area (Å²) >= 11 is 12.4. The van der Waals surface area contributed by atoms with Crippen molar-refractivity contribution in [3.05, 3.63) is 86.4 Å². The van der Waals surface area contributed by atoms with Gasteiger partial charge in [0.15, 0.2) is 0 Å². The number of rotatable bonds is 11. The minimum atomic E-state index is -4.06. The van der Waals surface area contributed by atoms with Crippen LogP contribution in [0, 0.1) is 20.8 Å². The number of aryl methyl sites for hydroxylation is 4. The minimum absolute atomic E-state index is 0.122. The van der Waals surface area contributed by atoms with E-state index in [1.165, 1.54) is 12.3 Å². The fourth-order valence-electron chi connectivity index (χ4n) is 4.37. The molecule has 0 atom stereocenters. The minimum Gasteiger partial charge on any atom is -0.494 e. The number of H-pyrrole nitrogens is 1. The molecule has 4 aromatic rings. The molecule has 2 aromatic heterocycles. The average Bonchev–Trinajstić information content (AvgIpc) is 3.47. The Labute approximate surface area is 242 Å². The quantitative estimate of drug-likeness (QED) is 0.194. The summed E-state index contributed by atoms with van der Waals surface area (Å²) in [4.78, 5) is 28.3. The van der Waals surface area contributed by atoms with Gasteiger partial charge in [-0.2, -0.15) is 0 Å². The maximum Gasteiger partial charge on any atom is 0.281 e. The van der Waals surface area contributed by atoms with Gasteiger partial charge in [0.1, 0.15) is 17.2 Å². The van der Waals surface area contributed by atoms with Gasteiger partial charge in [0.05, 0.1) is 24.2 Å². The van der Waals surface area contributed by atoms with Crippen molar-refractivity contribution in [1.29, 1.82) is 0 Å². The number of aromatic nitrogens is 1. The van der Waals surface area contributed by atoms with Gasteiger partial charge in [0.25, 0.3) is 11.8 Å². The third-order valence-electron chi connectivity index (χ3n) is 6.35. The Morgan fingerprint density at radius 3 is 2.42 bits per heavy atom. The van der Waals surface area contributed by atoms with Gasteiger partial charge >= 0.3 is 0 Å². The van der Waals surface area contributed by atoms with E-state index in [1.54, 1.807) is 25.1 Å². The van der Waals surface area contributed by atoms with Crippen molar-refractivity contribution in [2.75, 3.05) is 18.9 Å². The molecule has 212 valence electrons. The fraction of sp³-hybridized carbons (Fsp3) is 0.286. The molecule has 0 unspecified atom stereocenters. The molecule has 0 radical (unpaired) electrons. The molecule has 2 amide bonds. The molecule has 12 heteroatoms. The number of furan rings is 1. The second-order valence-electron chi connectivity index (χ2n) is 9.39. The molecule has 2 aromatic carbocycles. The zero-order valence-corrected chi connectivity index (χ0v) is 24.5. The van der Waals surface area contributed by atoms with Crippen LogP contribution in [0.2, 0.25) is 10.0 Å². The van der Waals surface area contributed by atoms with Gasteiger partial charge in [-0.1, -0.05) is 29.3 Å². The molecule has 0 aliphatic carbocycles. The van der Waals surface area contributed by atoms with E-state index in [1.807, 2.05) is 26.0 Å². The summed E-state index contributed by atoms with van der Waals surface area (Å²) in [6.07, 6.45) is 2.37. The zero-order chi connectivity index (χ0) is 29.0. The van der Waals surface area contributed by atoms with Crippen molar-refractivity contribution in [2.45, 2.75) is 33.6 Å². The first-order valence-electron chi connectivity index (χ1n) is 12.5. The number of hydrogen-bond acceptors (Lipinski definition) is 6. The predicted molar refractivity (Wildman–Crippen MR) is 155 cm³/mol. The van der Waals surface area contributed by atoms with Crippen LogP contribution in [0.15, 0.2) is 47.1 Å². The maximum atomic E-state index is 13.1. The largest absolute Gasteiger partial charge is 0.494 e. The van der Waals surface area contributed by atoms with E-state index in [0.29, 0.717) is 57.6 Å². The van der Waals surface area contributed by atoms with E-state index >= 15 is 0 Å². The highest BCUT2D eigenvalue weighted by atomic mass is 35.5. The van der Waals surface area contributed by atoms with E-state index in [9.17, 15) is 18.0 Å². The highest BCUT2D eigenvalue weighted by molar-refractivity contribution is 7.90. The molecule has 0 saturated carbocycles. The summed E-state index contributed by atoms with van der Waals surface area (Å²) < 4.78 is 38.4. The van der Waals surface area contributed by atoms with Gasteiger partial charge in [-0.15, -0.1) is 0 Å². The Bertz CT molecular complexity index is 1650. The lowest BCUT2D eigenvalue weighted by molar-refractivity contribution is 0.0953. The second kappa shape index (κ2) is 12.4. The van der Waals surface area contributed by atoms with Crippen LogP contribution >= 0.6 is 23.2 Å². The van der Waals surface area contributed by atoms with E-state index in [0.717, 1.165) is 16.5 Å². The lowest BCUT2D eigenvalue weighted by atomic mass is 10.1. The van der Waals surface area contributed by atoms with Crippen molar-refractivity contribution in [2.24, 2.45) is 0 Å². The summed E-state index contributed by atoms with van der Waals surface area (Å²) in [6.45, 7) is 5.62. The lowest BCUT2D eigenvalue weighted by Gasteiger charge is -2.11. The van der Waals surface area contributed by atoms with Crippen molar-refractivity contribution in [1.82, 2.24) is 15.0 Å². The standard InChI is InChI=1S/C28H29Cl2N3O6S/c1-16-13-20(14-17(2)25(16)30)39-10-4-5-23-22-7-6-19(29)15-24(22)32-26(23)28(35)33-40(36,37)12-9-31-27(34)21-8-11-38-18(21)3/h6-8,11,13-15,32H,4-5,9-10,12H2,1-3H3,(H,31,34)(H,33,35). The number of carbonyl (C=O) groups is 2. The zero-order valence-electron chi connectivity index (χ0n) is 22.2. The smallest absolute Gasteiger partial charge is 0.281 e. The highest BCUT2D eigenvalue weighted by Gasteiger charge is 2.23. The fourth-order valence-corrected chi connectivity index (χ4v) is 5.51. The Kier molecular flexibility index (Phi) is 9.12. The summed E-state index contributed by atoms with van der Waals surface area (Å²) in [7, 11) is -4.06. The van der Waals surface area contributed by atoms with E-state index in [2.05, 4.69) is 15.0 Å². The molecule has 0 aliphatic heterocycles. The molecule has 40 heavy (non-hydrogen) atoms. The van der Waals surface area contributed by atoms with Crippen LogP contribution in [0.25, 0.3) is 10.9 Å². The molecule has 0 fully saturated rings. The van der Waals surface area contributed by atoms with Crippen LogP contribution in [0.1, 0.15) is 49.7 Å². The number of aromatic amines is 1. The number of benzene rings is 2. The van der Waals surface area contributed by atoms with Gasteiger partial charge in [-0.3, -0.25) is 9.59 Å². The third kappa shape index (κ3) is 6.99. The van der Waals surface area contributed by atoms with Gasteiger partial charge in [-0.25, -0.2) is 13.1 Å². The van der Waals surface area contributed by atoms with Gasteiger partial charge in [-0.05, 0) is 80.6 Å². The number of nitrogens with one attached hydrogen (secondary N) is 3. The number of amides is 2. The Balaban J connectivity index is 1.42. The van der Waals surface area contributed by atoms with Crippen LogP contribution in [-0.2, 0) is 16.4 Å². The summed E-state index contributed by atoms with van der Waals surface area (Å²) in [5.41, 5.74) is 3.53. The SMILES string of the molecule is Cc1cc(OCCCc2c(C(=O)NS(=O)(=O)CCNC(=O)c3ccoc3C)[nH]c3cc(Cl)ccc23)cc(C)c1Cl. The second-order valence-corrected chi connectivity index (χ2v) is 12.0. The maximum absolute atomic E-state index is 13.1. The van der Waals surface area contributed by atoms with Crippen LogP contribution in [-0.4, -0.2) is 44.1 Å². The lowest BCUT2D eigenvalue weighted by Crippen LogP contribution is -2.37. The van der Waals surface area contributed by atoms with Crippen LogP contribution in [0.4, 0.5) is 0 Å². The van der Waals surface area contributed by atoms with Gasteiger partial charge < -0.3 is 19.5 Å². The monoisotopic (exact) mass is 605 g/mol. The number of ether oxygens (including phenoxy) is 1. The molecule has 0 spiro atoms. The van der Waals surface area contributed by atoms with Crippen molar-refractivity contribution >= 4 is 55.9 Å². The third-order valence-corrected chi connectivity index (χ3v) is 8.42. The van der Waals surface area contributed by atoms with E-state index < -0.39 is 27.6 Å². The number of carbonyl (C=O) groups excluding carboxylic acids is 2. The highest BCUT2D eigenvalue weighted by Crippen LogP contribution is 2.28. The predicted octanol–water partition coefficient (Wildman–Crippen LogP) is 5.49. The van der Waals surface area contributed by atoms with Gasteiger partial charge in [0, 0.05) is 27.5 Å². The molecule has 9 nitrogen and oxygen atoms in total. The molecule has 0 aliphatic rings. The topological polar surface area (TPSA) is 130 Å². The van der Waals surface area contributed by atoms with E-state index in [4.69, 9.17) is 32.4 Å². The first-order valence-corrected chi connectivity index (χ1v) is 14.9. The van der Waals surface area contributed by atoms with E-state index in [-0.39, 0.29) is 12.2 Å². The summed E-state index contributed by atoms with van der Waals surface area (Å²) in [6, 6.07) is 10.4. The molecule has 2 heterocycles. The van der Waals surface area contributed by atoms with Crippen molar-refractivity contribution in [3.63, 3.8) is 0 Å². The van der Waals surface area contributed by atoms with Crippen molar-refractivity contribution in [3.8, 4) is 5.75 Å². The molecule has 0 bridgehead atoms. The molecule has 0 saturated heterocycles. The Morgan fingerprint density at radius 1 is 1.02 bits per heavy atom. The number of halogens is 2. The van der Waals surface area contributed by atoms with Crippen LogP contribution < -0.4 is 14.8 Å². The number of hydrogen-bond donors (Lipinski definition) is 3. The van der Waals surface area contributed by atoms with Crippen LogP contribution in [0.5, 0.6) is 5.75 Å². The molecule has 3 N–H and O–H groups in total. The average molecular weight is 607 g/mol. The molecular formula is C28H29Cl2N3O6S. The first-order chi connectivity index (χ1) is 18.9.